The normalized spacial score (nSPS) is 11.2. The molecule has 1 N–H and O–H groups in total. The molecule has 128 valence electrons. The number of hydrogen-bond acceptors (Lipinski definition) is 4. The highest BCUT2D eigenvalue weighted by molar-refractivity contribution is 5.96. The van der Waals surface area contributed by atoms with Crippen LogP contribution in [0.4, 0.5) is 0 Å². The average Bonchev–Trinajstić information content (AvgIpc) is 2.83. The van der Waals surface area contributed by atoms with Crippen LogP contribution >= 0.6 is 0 Å². The van der Waals surface area contributed by atoms with Crippen molar-refractivity contribution in [2.45, 2.75) is 39.8 Å². The van der Waals surface area contributed by atoms with Gasteiger partial charge in [-0.1, -0.05) is 0 Å². The van der Waals surface area contributed by atoms with Crippen molar-refractivity contribution in [3.05, 3.63) is 52.8 Å². The van der Waals surface area contributed by atoms with Crippen LogP contribution < -0.4 is 5.32 Å². The van der Waals surface area contributed by atoms with Crippen LogP contribution in [-0.2, 0) is 18.3 Å². The van der Waals surface area contributed by atoms with E-state index in [1.54, 1.807) is 35.1 Å². The van der Waals surface area contributed by atoms with Gasteiger partial charge in [0.1, 0.15) is 5.60 Å². The van der Waals surface area contributed by atoms with Gasteiger partial charge in [0, 0.05) is 30.4 Å². The van der Waals surface area contributed by atoms with E-state index in [2.05, 4.69) is 10.4 Å². The summed E-state index contributed by atoms with van der Waals surface area (Å²) in [6.45, 7) is 7.80. The zero-order chi connectivity index (χ0) is 17.9. The van der Waals surface area contributed by atoms with Crippen molar-refractivity contribution >= 4 is 11.9 Å². The second-order valence-electron chi connectivity index (χ2n) is 6.64. The highest BCUT2D eigenvalue weighted by Crippen LogP contribution is 2.13. The van der Waals surface area contributed by atoms with Crippen molar-refractivity contribution in [3.8, 4) is 0 Å². The highest BCUT2D eigenvalue weighted by Gasteiger charge is 2.18. The van der Waals surface area contributed by atoms with Crippen molar-refractivity contribution in [2.24, 2.45) is 7.05 Å². The van der Waals surface area contributed by atoms with Crippen molar-refractivity contribution in [1.82, 2.24) is 15.1 Å². The van der Waals surface area contributed by atoms with E-state index in [1.165, 1.54) is 0 Å². The molecule has 6 heteroatoms. The topological polar surface area (TPSA) is 73.2 Å². The van der Waals surface area contributed by atoms with Crippen LogP contribution in [0.3, 0.4) is 0 Å². The van der Waals surface area contributed by atoms with Gasteiger partial charge in [0.05, 0.1) is 11.8 Å². The summed E-state index contributed by atoms with van der Waals surface area (Å²) in [5, 5.41) is 6.99. The molecule has 0 atom stereocenters. The largest absolute Gasteiger partial charge is 0.456 e. The van der Waals surface area contributed by atoms with Crippen LogP contribution in [0.5, 0.6) is 0 Å². The second kappa shape index (κ2) is 6.86. The predicted octanol–water partition coefficient (Wildman–Crippen LogP) is 2.61. The summed E-state index contributed by atoms with van der Waals surface area (Å²) in [5.74, 6) is -0.602. The molecule has 0 unspecified atom stereocenters. The van der Waals surface area contributed by atoms with Gasteiger partial charge < -0.3 is 10.1 Å². The van der Waals surface area contributed by atoms with Crippen LogP contribution in [0, 0.1) is 6.92 Å². The lowest BCUT2D eigenvalue weighted by Gasteiger charge is -2.19. The maximum atomic E-state index is 12.2. The fourth-order valence-electron chi connectivity index (χ4n) is 2.09. The molecule has 0 bridgehead atoms. The molecule has 0 spiro atoms. The van der Waals surface area contributed by atoms with Crippen LogP contribution in [-0.4, -0.2) is 27.3 Å². The SMILES string of the molecule is Cc1c(CNC(=O)c2ccc(C(=O)OC(C)(C)C)cc2)cnn1C. The summed E-state index contributed by atoms with van der Waals surface area (Å²) in [4.78, 5) is 24.2. The predicted molar refractivity (Wildman–Crippen MR) is 90.7 cm³/mol. The third kappa shape index (κ3) is 4.44. The minimum Gasteiger partial charge on any atom is -0.456 e. The Morgan fingerprint density at radius 3 is 2.25 bits per heavy atom. The second-order valence-corrected chi connectivity index (χ2v) is 6.64. The van der Waals surface area contributed by atoms with Gasteiger partial charge in [0.2, 0.25) is 0 Å². The molecule has 0 aliphatic rings. The summed E-state index contributed by atoms with van der Waals surface area (Å²) in [6, 6.07) is 6.42. The summed E-state index contributed by atoms with van der Waals surface area (Å²) in [6.07, 6.45) is 1.74. The average molecular weight is 329 g/mol. The van der Waals surface area contributed by atoms with E-state index >= 15 is 0 Å². The van der Waals surface area contributed by atoms with Crippen LogP contribution in [0.2, 0.25) is 0 Å². The van der Waals surface area contributed by atoms with E-state index < -0.39 is 11.6 Å². The number of aromatic nitrogens is 2. The number of aryl methyl sites for hydroxylation is 1. The zero-order valence-corrected chi connectivity index (χ0v) is 14.7. The Morgan fingerprint density at radius 1 is 1.17 bits per heavy atom. The number of hydrogen-bond donors (Lipinski definition) is 1. The minimum absolute atomic E-state index is 0.200. The molecule has 2 aromatic rings. The van der Waals surface area contributed by atoms with Crippen LogP contribution in [0.1, 0.15) is 52.7 Å². The summed E-state index contributed by atoms with van der Waals surface area (Å²) in [7, 11) is 1.86. The van der Waals surface area contributed by atoms with E-state index in [0.29, 0.717) is 17.7 Å². The van der Waals surface area contributed by atoms with Crippen molar-refractivity contribution in [2.75, 3.05) is 0 Å². The summed E-state index contributed by atoms with van der Waals surface area (Å²) >= 11 is 0. The molecule has 2 rings (SSSR count). The van der Waals surface area contributed by atoms with Gasteiger partial charge in [-0.05, 0) is 52.0 Å². The van der Waals surface area contributed by atoms with E-state index in [4.69, 9.17) is 4.74 Å². The number of nitrogens with zero attached hydrogens (tertiary/aromatic N) is 2. The fourth-order valence-corrected chi connectivity index (χ4v) is 2.09. The maximum Gasteiger partial charge on any atom is 0.338 e. The molecular weight excluding hydrogens is 306 g/mol. The Labute approximate surface area is 141 Å². The van der Waals surface area contributed by atoms with Gasteiger partial charge in [-0.3, -0.25) is 9.48 Å². The smallest absolute Gasteiger partial charge is 0.338 e. The number of nitrogens with one attached hydrogen (secondary N) is 1. The maximum absolute atomic E-state index is 12.2. The molecule has 0 aliphatic heterocycles. The van der Waals surface area contributed by atoms with Gasteiger partial charge in [-0.25, -0.2) is 4.79 Å². The molecule has 0 saturated carbocycles. The highest BCUT2D eigenvalue weighted by atomic mass is 16.6. The standard InChI is InChI=1S/C18H23N3O3/c1-12-15(11-20-21(12)5)10-19-16(22)13-6-8-14(9-7-13)17(23)24-18(2,3)4/h6-9,11H,10H2,1-5H3,(H,19,22). The Kier molecular flexibility index (Phi) is 5.07. The first kappa shape index (κ1) is 17.7. The van der Waals surface area contributed by atoms with Gasteiger partial charge in [0.25, 0.3) is 5.91 Å². The molecule has 0 fully saturated rings. The third-order valence-electron chi connectivity index (χ3n) is 3.56. The van der Waals surface area contributed by atoms with Crippen molar-refractivity contribution in [3.63, 3.8) is 0 Å². The molecule has 1 heterocycles. The van der Waals surface area contributed by atoms with Gasteiger partial charge in [-0.2, -0.15) is 5.10 Å². The molecule has 1 aromatic heterocycles. The first-order valence-corrected chi connectivity index (χ1v) is 7.76. The molecule has 0 aliphatic carbocycles. The van der Waals surface area contributed by atoms with Crippen molar-refractivity contribution in [1.29, 1.82) is 0 Å². The summed E-state index contributed by atoms with van der Waals surface area (Å²) in [5.41, 5.74) is 2.34. The Balaban J connectivity index is 1.98. The molecule has 24 heavy (non-hydrogen) atoms. The Bertz CT molecular complexity index is 740. The number of amides is 1. The van der Waals surface area contributed by atoms with E-state index in [-0.39, 0.29) is 5.91 Å². The molecular formula is C18H23N3O3. The summed E-state index contributed by atoms with van der Waals surface area (Å²) < 4.78 is 7.06. The third-order valence-corrected chi connectivity index (χ3v) is 3.56. The van der Waals surface area contributed by atoms with Gasteiger partial charge >= 0.3 is 5.97 Å². The molecule has 1 amide bonds. The van der Waals surface area contributed by atoms with E-state index in [0.717, 1.165) is 11.3 Å². The monoisotopic (exact) mass is 329 g/mol. The van der Waals surface area contributed by atoms with Gasteiger partial charge in [0.15, 0.2) is 0 Å². The number of rotatable bonds is 4. The van der Waals surface area contributed by atoms with E-state index in [9.17, 15) is 9.59 Å². The zero-order valence-electron chi connectivity index (χ0n) is 14.7. The number of carbonyl (C=O) groups is 2. The van der Waals surface area contributed by atoms with E-state index in [1.807, 2.05) is 34.7 Å². The minimum atomic E-state index is -0.547. The number of benzene rings is 1. The molecule has 6 nitrogen and oxygen atoms in total. The van der Waals surface area contributed by atoms with Crippen LogP contribution in [0.15, 0.2) is 30.5 Å². The number of carbonyl (C=O) groups excluding carboxylic acids is 2. The lowest BCUT2D eigenvalue weighted by molar-refractivity contribution is 0.00693. The fraction of sp³-hybridized carbons (Fsp3) is 0.389. The number of ether oxygens (including phenoxy) is 1. The lowest BCUT2D eigenvalue weighted by atomic mass is 10.1. The quantitative estimate of drug-likeness (QED) is 0.875. The lowest BCUT2D eigenvalue weighted by Crippen LogP contribution is -2.24. The molecule has 1 aromatic carbocycles. The molecule has 0 saturated heterocycles. The first-order chi connectivity index (χ1) is 11.2. The molecule has 0 radical (unpaired) electrons. The Morgan fingerprint density at radius 2 is 1.75 bits per heavy atom. The van der Waals surface area contributed by atoms with Crippen LogP contribution in [0.25, 0.3) is 0 Å². The van der Waals surface area contributed by atoms with Crippen molar-refractivity contribution < 1.29 is 14.3 Å². The first-order valence-electron chi connectivity index (χ1n) is 7.76. The Hall–Kier alpha value is -2.63. The number of esters is 1. The van der Waals surface area contributed by atoms with Gasteiger partial charge in [-0.15, -0.1) is 0 Å².